The maximum absolute atomic E-state index is 10.7. The predicted octanol–water partition coefficient (Wildman–Crippen LogP) is 1.27. The van der Waals surface area contributed by atoms with Gasteiger partial charge in [0, 0.05) is 7.11 Å². The minimum Gasteiger partial charge on any atom is -0.497 e. The Bertz CT molecular complexity index is 423. The molecule has 0 saturated carbocycles. The summed E-state index contributed by atoms with van der Waals surface area (Å²) in [5.41, 5.74) is 0.668. The lowest BCUT2D eigenvalue weighted by Gasteiger charge is -2.14. The number of methoxy groups -OCH3 is 2. The summed E-state index contributed by atoms with van der Waals surface area (Å²) in [6.07, 6.45) is -0.680. The second-order valence-corrected chi connectivity index (χ2v) is 4.74. The Labute approximate surface area is 94.7 Å². The van der Waals surface area contributed by atoms with E-state index in [1.165, 1.54) is 7.11 Å². The van der Waals surface area contributed by atoms with Crippen LogP contribution in [0.4, 0.5) is 0 Å². The fourth-order valence-electron chi connectivity index (χ4n) is 1.31. The second-order valence-electron chi connectivity index (χ2n) is 3.25. The lowest BCUT2D eigenvalue weighted by molar-refractivity contribution is 0.120. The molecule has 1 rings (SSSR count). The van der Waals surface area contributed by atoms with Crippen LogP contribution in [0.15, 0.2) is 24.3 Å². The van der Waals surface area contributed by atoms with Gasteiger partial charge in [0.25, 0.3) is 10.1 Å². The molecule has 0 radical (unpaired) electrons. The highest BCUT2D eigenvalue weighted by atomic mass is 32.2. The molecule has 0 saturated heterocycles. The molecular formula is C10H14O5S. The average Bonchev–Trinajstić information content (AvgIpc) is 2.25. The van der Waals surface area contributed by atoms with Crippen molar-refractivity contribution >= 4 is 10.1 Å². The number of benzene rings is 1. The Hall–Kier alpha value is -1.11. The molecule has 1 aromatic carbocycles. The summed E-state index contributed by atoms with van der Waals surface area (Å²) in [5.74, 6) is 0.209. The van der Waals surface area contributed by atoms with Crippen molar-refractivity contribution in [3.8, 4) is 5.75 Å². The molecule has 6 heteroatoms. The van der Waals surface area contributed by atoms with Crippen molar-refractivity contribution in [2.24, 2.45) is 0 Å². The van der Waals surface area contributed by atoms with Gasteiger partial charge in [0.15, 0.2) is 0 Å². The van der Waals surface area contributed by atoms with Crippen molar-refractivity contribution in [3.05, 3.63) is 29.8 Å². The summed E-state index contributed by atoms with van der Waals surface area (Å²) in [5, 5.41) is 0. The molecule has 0 aliphatic rings. The van der Waals surface area contributed by atoms with Crippen molar-refractivity contribution in [1.82, 2.24) is 0 Å². The molecule has 0 aromatic heterocycles. The minimum absolute atomic E-state index is 0.462. The van der Waals surface area contributed by atoms with Gasteiger partial charge in [-0.25, -0.2) is 0 Å². The van der Waals surface area contributed by atoms with E-state index >= 15 is 0 Å². The summed E-state index contributed by atoms with van der Waals surface area (Å²) in [4.78, 5) is 0. The van der Waals surface area contributed by atoms with Crippen LogP contribution in [-0.2, 0) is 14.9 Å². The van der Waals surface area contributed by atoms with E-state index in [9.17, 15) is 8.42 Å². The first-order valence-electron chi connectivity index (χ1n) is 4.58. The summed E-state index contributed by atoms with van der Waals surface area (Å²) < 4.78 is 40.2. The first kappa shape index (κ1) is 13.0. The van der Waals surface area contributed by atoms with Gasteiger partial charge in [0.05, 0.1) is 13.2 Å². The number of hydrogen-bond acceptors (Lipinski definition) is 4. The van der Waals surface area contributed by atoms with Crippen LogP contribution in [-0.4, -0.2) is 32.9 Å². The molecule has 0 fully saturated rings. The van der Waals surface area contributed by atoms with Gasteiger partial charge in [-0.3, -0.25) is 4.55 Å². The molecule has 0 spiro atoms. The minimum atomic E-state index is -4.06. The van der Waals surface area contributed by atoms with Gasteiger partial charge in [0.1, 0.15) is 11.5 Å². The van der Waals surface area contributed by atoms with Crippen molar-refractivity contribution in [2.45, 2.75) is 6.10 Å². The quantitative estimate of drug-likeness (QED) is 0.792. The van der Waals surface area contributed by atoms with E-state index in [4.69, 9.17) is 14.0 Å². The van der Waals surface area contributed by atoms with E-state index < -0.39 is 22.0 Å². The summed E-state index contributed by atoms with van der Waals surface area (Å²) >= 11 is 0. The number of hydrogen-bond donors (Lipinski definition) is 1. The van der Waals surface area contributed by atoms with E-state index in [0.717, 1.165) is 0 Å². The van der Waals surface area contributed by atoms with Gasteiger partial charge < -0.3 is 9.47 Å². The zero-order valence-electron chi connectivity index (χ0n) is 9.08. The van der Waals surface area contributed by atoms with Gasteiger partial charge >= 0.3 is 0 Å². The Morgan fingerprint density at radius 2 is 1.81 bits per heavy atom. The molecule has 0 aliphatic carbocycles. The van der Waals surface area contributed by atoms with Gasteiger partial charge in [-0.2, -0.15) is 8.42 Å². The number of rotatable bonds is 5. The zero-order valence-corrected chi connectivity index (χ0v) is 9.90. The van der Waals surface area contributed by atoms with Gasteiger partial charge in [-0.15, -0.1) is 0 Å². The molecule has 0 heterocycles. The smallest absolute Gasteiger partial charge is 0.267 e. The third kappa shape index (κ3) is 3.80. The summed E-state index contributed by atoms with van der Waals surface area (Å²) in [7, 11) is -1.12. The van der Waals surface area contributed by atoms with E-state index in [0.29, 0.717) is 11.3 Å². The number of ether oxygens (including phenoxy) is 2. The monoisotopic (exact) mass is 246 g/mol. The topological polar surface area (TPSA) is 72.8 Å². The first-order chi connectivity index (χ1) is 7.46. The second kappa shape index (κ2) is 5.29. The molecule has 1 N–H and O–H groups in total. The van der Waals surface area contributed by atoms with E-state index in [1.807, 2.05) is 0 Å². The largest absolute Gasteiger partial charge is 0.497 e. The highest BCUT2D eigenvalue weighted by molar-refractivity contribution is 7.85. The molecular weight excluding hydrogens is 232 g/mol. The van der Waals surface area contributed by atoms with Crippen LogP contribution in [0.3, 0.4) is 0 Å². The van der Waals surface area contributed by atoms with Crippen molar-refractivity contribution in [2.75, 3.05) is 20.0 Å². The van der Waals surface area contributed by atoms with E-state index in [-0.39, 0.29) is 0 Å². The maximum atomic E-state index is 10.7. The van der Waals surface area contributed by atoms with Crippen LogP contribution in [0, 0.1) is 0 Å². The van der Waals surface area contributed by atoms with Crippen molar-refractivity contribution in [1.29, 1.82) is 0 Å². The first-order valence-corrected chi connectivity index (χ1v) is 6.19. The normalized spacial score (nSPS) is 13.4. The van der Waals surface area contributed by atoms with Crippen LogP contribution < -0.4 is 4.74 Å². The van der Waals surface area contributed by atoms with Crippen molar-refractivity contribution < 1.29 is 22.4 Å². The van der Waals surface area contributed by atoms with E-state index in [2.05, 4.69) is 0 Å². The summed E-state index contributed by atoms with van der Waals surface area (Å²) in [6.45, 7) is 0. The summed E-state index contributed by atoms with van der Waals surface area (Å²) in [6, 6.07) is 6.78. The highest BCUT2D eigenvalue weighted by Crippen LogP contribution is 2.21. The Kier molecular flexibility index (Phi) is 4.28. The lowest BCUT2D eigenvalue weighted by Crippen LogP contribution is -2.15. The van der Waals surface area contributed by atoms with Crippen LogP contribution in [0.1, 0.15) is 11.7 Å². The standard InChI is InChI=1S/C10H14O5S/c1-14-9-5-3-8(4-6-9)10(15-2)7-16(11,12)13/h3-6,10H,7H2,1-2H3,(H,11,12,13). The molecule has 5 nitrogen and oxygen atoms in total. The Morgan fingerprint density at radius 1 is 1.25 bits per heavy atom. The fraction of sp³-hybridized carbons (Fsp3) is 0.400. The Morgan fingerprint density at radius 3 is 2.19 bits per heavy atom. The predicted molar refractivity (Wildman–Crippen MR) is 59.2 cm³/mol. The third-order valence-corrected chi connectivity index (χ3v) is 2.86. The molecule has 1 unspecified atom stereocenters. The molecule has 0 amide bonds. The Balaban J connectivity index is 2.87. The maximum Gasteiger partial charge on any atom is 0.267 e. The SMILES string of the molecule is COc1ccc(C(CS(=O)(=O)O)OC)cc1. The fourth-order valence-corrected chi connectivity index (χ4v) is 2.02. The van der Waals surface area contributed by atoms with Crippen molar-refractivity contribution in [3.63, 3.8) is 0 Å². The molecule has 1 atom stereocenters. The van der Waals surface area contributed by atoms with Gasteiger partial charge in [-0.1, -0.05) is 12.1 Å². The van der Waals surface area contributed by atoms with E-state index in [1.54, 1.807) is 31.4 Å². The lowest BCUT2D eigenvalue weighted by atomic mass is 10.1. The van der Waals surface area contributed by atoms with Crippen LogP contribution >= 0.6 is 0 Å². The third-order valence-electron chi connectivity index (χ3n) is 2.13. The molecule has 90 valence electrons. The molecule has 0 aliphatic heterocycles. The molecule has 1 aromatic rings. The van der Waals surface area contributed by atoms with Crippen LogP contribution in [0.5, 0.6) is 5.75 Å². The van der Waals surface area contributed by atoms with Crippen LogP contribution in [0.25, 0.3) is 0 Å². The average molecular weight is 246 g/mol. The van der Waals surface area contributed by atoms with Crippen LogP contribution in [0.2, 0.25) is 0 Å². The van der Waals surface area contributed by atoms with Gasteiger partial charge in [-0.05, 0) is 17.7 Å². The molecule has 16 heavy (non-hydrogen) atoms. The highest BCUT2D eigenvalue weighted by Gasteiger charge is 2.18. The van der Waals surface area contributed by atoms with Gasteiger partial charge in [0.2, 0.25) is 0 Å². The molecule has 0 bridgehead atoms. The zero-order chi connectivity index (χ0) is 12.2.